The fourth-order valence-corrected chi connectivity index (χ4v) is 2.07. The molecule has 0 aliphatic heterocycles. The predicted octanol–water partition coefficient (Wildman–Crippen LogP) is 3.17. The quantitative estimate of drug-likeness (QED) is 0.888. The Balaban J connectivity index is 2.25. The lowest BCUT2D eigenvalue weighted by Crippen LogP contribution is -2.20. The first-order valence-electron chi connectivity index (χ1n) is 6.00. The summed E-state index contributed by atoms with van der Waals surface area (Å²) >= 11 is 0. The second-order valence-corrected chi connectivity index (χ2v) is 4.38. The molecule has 0 bridgehead atoms. The van der Waals surface area contributed by atoms with Crippen molar-refractivity contribution in [2.24, 2.45) is 0 Å². The van der Waals surface area contributed by atoms with Gasteiger partial charge in [-0.2, -0.15) is 0 Å². The van der Waals surface area contributed by atoms with Crippen LogP contribution in [0, 0.1) is 11.6 Å². The molecule has 0 aliphatic rings. The molecule has 0 radical (unpaired) electrons. The lowest BCUT2D eigenvalue weighted by molar-refractivity contribution is 0.473. The molecule has 100 valence electrons. The van der Waals surface area contributed by atoms with Crippen LogP contribution in [0.2, 0.25) is 0 Å². The third-order valence-electron chi connectivity index (χ3n) is 3.04. The molecule has 4 heteroatoms. The van der Waals surface area contributed by atoms with E-state index < -0.39 is 11.6 Å². The molecule has 0 aromatic heterocycles. The van der Waals surface area contributed by atoms with Gasteiger partial charge in [0.15, 0.2) is 0 Å². The number of benzene rings is 2. The van der Waals surface area contributed by atoms with E-state index in [9.17, 15) is 13.9 Å². The van der Waals surface area contributed by atoms with E-state index in [0.29, 0.717) is 12.0 Å². The maximum absolute atomic E-state index is 13.7. The minimum Gasteiger partial charge on any atom is -0.508 e. The topological polar surface area (TPSA) is 32.3 Å². The minimum atomic E-state index is -0.589. The van der Waals surface area contributed by atoms with E-state index in [1.165, 1.54) is 12.1 Å². The Morgan fingerprint density at radius 2 is 1.95 bits per heavy atom. The fraction of sp³-hybridized carbons (Fsp3) is 0.200. The van der Waals surface area contributed by atoms with Crippen molar-refractivity contribution in [3.8, 4) is 5.75 Å². The molecule has 0 amide bonds. The molecule has 0 heterocycles. The number of aromatic hydroxyl groups is 1. The zero-order valence-electron chi connectivity index (χ0n) is 10.5. The fourth-order valence-electron chi connectivity index (χ4n) is 2.07. The van der Waals surface area contributed by atoms with Crippen LogP contribution in [0.15, 0.2) is 42.5 Å². The van der Waals surface area contributed by atoms with Gasteiger partial charge in [0.25, 0.3) is 0 Å². The Morgan fingerprint density at radius 1 is 1.16 bits per heavy atom. The van der Waals surface area contributed by atoms with Crippen molar-refractivity contribution in [2.45, 2.75) is 12.5 Å². The molecule has 0 saturated carbocycles. The lowest BCUT2D eigenvalue weighted by Gasteiger charge is -2.17. The molecule has 2 aromatic rings. The van der Waals surface area contributed by atoms with E-state index >= 15 is 0 Å². The Morgan fingerprint density at radius 3 is 2.58 bits per heavy atom. The summed E-state index contributed by atoms with van der Waals surface area (Å²) in [5.41, 5.74) is 1.29. The van der Waals surface area contributed by atoms with Crippen molar-refractivity contribution in [1.29, 1.82) is 0 Å². The van der Waals surface area contributed by atoms with Crippen LogP contribution in [-0.2, 0) is 6.42 Å². The molecule has 2 N–H and O–H groups in total. The lowest BCUT2D eigenvalue weighted by atomic mass is 9.98. The van der Waals surface area contributed by atoms with Gasteiger partial charge in [0, 0.05) is 17.7 Å². The van der Waals surface area contributed by atoms with Crippen molar-refractivity contribution in [3.05, 3.63) is 65.2 Å². The summed E-state index contributed by atoms with van der Waals surface area (Å²) in [6.07, 6.45) is 0.507. The van der Waals surface area contributed by atoms with E-state index in [0.717, 1.165) is 11.6 Å². The normalized spacial score (nSPS) is 12.4. The molecular formula is C15H15F2NO. The molecule has 0 aliphatic carbocycles. The summed E-state index contributed by atoms with van der Waals surface area (Å²) in [5.74, 6) is -0.986. The van der Waals surface area contributed by atoms with Gasteiger partial charge in [-0.05, 0) is 37.2 Å². The molecule has 1 atom stereocenters. The van der Waals surface area contributed by atoms with Gasteiger partial charge in [0.2, 0.25) is 0 Å². The minimum absolute atomic E-state index is 0.173. The highest BCUT2D eigenvalue weighted by atomic mass is 19.1. The molecule has 19 heavy (non-hydrogen) atoms. The van der Waals surface area contributed by atoms with Gasteiger partial charge in [0.05, 0.1) is 0 Å². The first-order chi connectivity index (χ1) is 9.10. The number of halogens is 2. The van der Waals surface area contributed by atoms with Crippen molar-refractivity contribution in [2.75, 3.05) is 7.05 Å². The van der Waals surface area contributed by atoms with E-state index in [4.69, 9.17) is 0 Å². The first-order valence-corrected chi connectivity index (χ1v) is 6.00. The largest absolute Gasteiger partial charge is 0.508 e. The average molecular weight is 263 g/mol. The predicted molar refractivity (Wildman–Crippen MR) is 70.0 cm³/mol. The van der Waals surface area contributed by atoms with E-state index in [1.807, 2.05) is 6.07 Å². The number of hydrogen-bond donors (Lipinski definition) is 2. The van der Waals surface area contributed by atoms with Crippen LogP contribution in [0.5, 0.6) is 5.75 Å². The molecule has 2 rings (SSSR count). The van der Waals surface area contributed by atoms with Gasteiger partial charge in [-0.15, -0.1) is 0 Å². The Labute approximate surface area is 110 Å². The highest BCUT2D eigenvalue weighted by molar-refractivity contribution is 5.30. The van der Waals surface area contributed by atoms with Crippen LogP contribution in [0.4, 0.5) is 8.78 Å². The van der Waals surface area contributed by atoms with Gasteiger partial charge in [-0.1, -0.05) is 18.2 Å². The molecule has 2 aromatic carbocycles. The first kappa shape index (κ1) is 13.5. The number of likely N-dealkylation sites (N-methyl/N-ethyl adjacent to an activating group) is 1. The molecule has 0 fully saturated rings. The highest BCUT2D eigenvalue weighted by Gasteiger charge is 2.15. The number of phenolic OH excluding ortho intramolecular Hbond substituents is 1. The summed E-state index contributed by atoms with van der Waals surface area (Å²) in [7, 11) is 1.72. The van der Waals surface area contributed by atoms with E-state index in [2.05, 4.69) is 5.32 Å². The van der Waals surface area contributed by atoms with Crippen molar-refractivity contribution < 1.29 is 13.9 Å². The second kappa shape index (κ2) is 5.80. The van der Waals surface area contributed by atoms with Crippen molar-refractivity contribution in [3.63, 3.8) is 0 Å². The number of nitrogens with one attached hydrogen (secondary N) is 1. The summed E-state index contributed by atoms with van der Waals surface area (Å²) in [6, 6.07) is 10.1. The van der Waals surface area contributed by atoms with Gasteiger partial charge in [-0.25, -0.2) is 8.78 Å². The van der Waals surface area contributed by atoms with Gasteiger partial charge < -0.3 is 10.4 Å². The molecule has 0 spiro atoms. The van der Waals surface area contributed by atoms with E-state index in [-0.39, 0.29) is 11.8 Å². The van der Waals surface area contributed by atoms with Gasteiger partial charge >= 0.3 is 0 Å². The van der Waals surface area contributed by atoms with Crippen molar-refractivity contribution in [1.82, 2.24) is 5.32 Å². The van der Waals surface area contributed by atoms with Crippen LogP contribution in [-0.4, -0.2) is 12.2 Å². The third kappa shape index (κ3) is 3.29. The van der Waals surface area contributed by atoms with Crippen LogP contribution in [0.25, 0.3) is 0 Å². The molecular weight excluding hydrogens is 248 g/mol. The maximum Gasteiger partial charge on any atom is 0.130 e. The summed E-state index contributed by atoms with van der Waals surface area (Å²) in [5, 5.41) is 12.4. The number of hydrogen-bond acceptors (Lipinski definition) is 2. The maximum atomic E-state index is 13.7. The highest BCUT2D eigenvalue weighted by Crippen LogP contribution is 2.23. The molecule has 0 saturated heterocycles. The van der Waals surface area contributed by atoms with Crippen LogP contribution in [0.3, 0.4) is 0 Å². The smallest absolute Gasteiger partial charge is 0.130 e. The standard InChI is InChI=1S/C15H15F2NO/c1-18-15(8-10-3-2-4-12(19)7-10)13-6-5-11(16)9-14(13)17/h2-7,9,15,18-19H,8H2,1H3. The number of phenols is 1. The zero-order valence-corrected chi connectivity index (χ0v) is 10.5. The monoisotopic (exact) mass is 263 g/mol. The average Bonchev–Trinajstić information content (AvgIpc) is 2.37. The zero-order chi connectivity index (χ0) is 13.8. The van der Waals surface area contributed by atoms with E-state index in [1.54, 1.807) is 25.2 Å². The SMILES string of the molecule is CNC(Cc1cccc(O)c1)c1ccc(F)cc1F. The summed E-state index contributed by atoms with van der Waals surface area (Å²) in [4.78, 5) is 0. The van der Waals surface area contributed by atoms with Crippen molar-refractivity contribution >= 4 is 0 Å². The van der Waals surface area contributed by atoms with Gasteiger partial charge in [0.1, 0.15) is 17.4 Å². The Bertz CT molecular complexity index is 572. The van der Waals surface area contributed by atoms with Crippen LogP contribution < -0.4 is 5.32 Å². The third-order valence-corrected chi connectivity index (χ3v) is 3.04. The Kier molecular flexibility index (Phi) is 4.12. The molecule has 2 nitrogen and oxygen atoms in total. The van der Waals surface area contributed by atoms with Gasteiger partial charge in [-0.3, -0.25) is 0 Å². The summed E-state index contributed by atoms with van der Waals surface area (Å²) < 4.78 is 26.6. The summed E-state index contributed by atoms with van der Waals surface area (Å²) in [6.45, 7) is 0. The van der Waals surface area contributed by atoms with Crippen LogP contribution >= 0.6 is 0 Å². The Hall–Kier alpha value is -1.94. The second-order valence-electron chi connectivity index (χ2n) is 4.38. The molecule has 1 unspecified atom stereocenters. The van der Waals surface area contributed by atoms with Crippen LogP contribution in [0.1, 0.15) is 17.2 Å². The number of rotatable bonds is 4.